The summed E-state index contributed by atoms with van der Waals surface area (Å²) in [7, 11) is -3.95. The van der Waals surface area contributed by atoms with E-state index in [4.69, 9.17) is 0 Å². The zero-order valence-corrected chi connectivity index (χ0v) is 22.1. The Morgan fingerprint density at radius 1 is 0.971 bits per heavy atom. The van der Waals surface area contributed by atoms with Crippen LogP contribution in [0.3, 0.4) is 0 Å². The molecule has 0 spiro atoms. The molecule has 3 rings (SSSR count). The van der Waals surface area contributed by atoms with E-state index >= 15 is 0 Å². The topological polar surface area (TPSA) is 78.8 Å². The largest absolute Gasteiger partial charge is 0.272 e. The Morgan fingerprint density at radius 3 is 2.21 bits per heavy atom. The van der Waals surface area contributed by atoms with Gasteiger partial charge >= 0.3 is 0 Å². The maximum absolute atomic E-state index is 13.7. The molecule has 0 aromatic heterocycles. The first-order valence-corrected chi connectivity index (χ1v) is 13.0. The number of aryl methyl sites for hydroxylation is 4. The van der Waals surface area contributed by atoms with Crippen molar-refractivity contribution in [1.82, 2.24) is 9.73 Å². The Labute approximate surface area is 209 Å². The third kappa shape index (κ3) is 6.40. The molecular formula is C26H28BrN3O3S. The van der Waals surface area contributed by atoms with Gasteiger partial charge in [0.1, 0.15) is 0 Å². The minimum atomic E-state index is -3.95. The van der Waals surface area contributed by atoms with Crippen LogP contribution < -0.4 is 5.43 Å². The summed E-state index contributed by atoms with van der Waals surface area (Å²) >= 11 is 3.42. The lowest BCUT2D eigenvalue weighted by Gasteiger charge is -2.24. The summed E-state index contributed by atoms with van der Waals surface area (Å²) in [5, 5.41) is 4.00. The first-order chi connectivity index (χ1) is 16.1. The monoisotopic (exact) mass is 541 g/mol. The molecular weight excluding hydrogens is 514 g/mol. The second-order valence-electron chi connectivity index (χ2n) is 8.30. The van der Waals surface area contributed by atoms with Crippen LogP contribution in [0.1, 0.15) is 33.4 Å². The van der Waals surface area contributed by atoms with Crippen molar-refractivity contribution in [3.63, 3.8) is 0 Å². The van der Waals surface area contributed by atoms with Crippen LogP contribution in [0.4, 0.5) is 0 Å². The smallest absolute Gasteiger partial charge is 0.255 e. The van der Waals surface area contributed by atoms with Gasteiger partial charge in [-0.1, -0.05) is 81.7 Å². The summed E-state index contributed by atoms with van der Waals surface area (Å²) in [5.74, 6) is -0.526. The number of rotatable bonds is 8. The molecule has 34 heavy (non-hydrogen) atoms. The van der Waals surface area contributed by atoms with Crippen LogP contribution in [-0.4, -0.2) is 31.4 Å². The zero-order valence-electron chi connectivity index (χ0n) is 19.7. The summed E-state index contributed by atoms with van der Waals surface area (Å²) in [6.07, 6.45) is 1.51. The predicted octanol–water partition coefficient (Wildman–Crippen LogP) is 5.02. The molecule has 1 amide bonds. The quantitative estimate of drug-likeness (QED) is 0.321. The van der Waals surface area contributed by atoms with Gasteiger partial charge in [0.05, 0.1) is 17.7 Å². The van der Waals surface area contributed by atoms with Crippen LogP contribution in [0.2, 0.25) is 0 Å². The van der Waals surface area contributed by atoms with Crippen molar-refractivity contribution in [3.8, 4) is 0 Å². The van der Waals surface area contributed by atoms with E-state index in [1.54, 1.807) is 13.8 Å². The Morgan fingerprint density at radius 2 is 1.59 bits per heavy atom. The van der Waals surface area contributed by atoms with Gasteiger partial charge in [-0.2, -0.15) is 9.41 Å². The van der Waals surface area contributed by atoms with Gasteiger partial charge in [0, 0.05) is 16.6 Å². The van der Waals surface area contributed by atoms with E-state index < -0.39 is 15.9 Å². The molecule has 0 atom stereocenters. The van der Waals surface area contributed by atoms with Crippen molar-refractivity contribution < 1.29 is 13.2 Å². The SMILES string of the molecule is Cc1ccc(CN(CC(=O)N/N=C/c2ccccc2Br)S(=O)(=O)c2c(C)cc(C)cc2C)cc1. The molecule has 0 aliphatic rings. The number of sulfonamides is 1. The van der Waals surface area contributed by atoms with Gasteiger partial charge in [-0.05, 0) is 50.5 Å². The summed E-state index contributed by atoms with van der Waals surface area (Å²) in [4.78, 5) is 13.0. The first kappa shape index (κ1) is 25.8. The number of hydrogen-bond donors (Lipinski definition) is 1. The van der Waals surface area contributed by atoms with E-state index in [0.717, 1.165) is 26.7 Å². The third-order valence-corrected chi connectivity index (χ3v) is 8.12. The number of carbonyl (C=O) groups is 1. The van der Waals surface area contributed by atoms with E-state index in [0.29, 0.717) is 11.1 Å². The molecule has 8 heteroatoms. The van der Waals surface area contributed by atoms with E-state index in [1.807, 2.05) is 74.5 Å². The lowest BCUT2D eigenvalue weighted by molar-refractivity contribution is -0.121. The standard InChI is InChI=1S/C26H28BrN3O3S/c1-18-9-11-22(12-10-18)16-30(34(32,33)26-20(3)13-19(2)14-21(26)4)17-25(31)29-28-15-23-7-5-6-8-24(23)27/h5-15H,16-17H2,1-4H3,(H,29,31)/b28-15+. The predicted molar refractivity (Wildman–Crippen MR) is 139 cm³/mol. The Bertz CT molecular complexity index is 1300. The van der Waals surface area contributed by atoms with E-state index in [9.17, 15) is 13.2 Å². The number of carbonyl (C=O) groups excluding carboxylic acids is 1. The Kier molecular flexibility index (Phi) is 8.41. The fraction of sp³-hybridized carbons (Fsp3) is 0.231. The average Bonchev–Trinajstić information content (AvgIpc) is 2.75. The van der Waals surface area contributed by atoms with E-state index in [2.05, 4.69) is 26.5 Å². The van der Waals surface area contributed by atoms with Crippen molar-refractivity contribution in [2.75, 3.05) is 6.54 Å². The molecule has 178 valence electrons. The lowest BCUT2D eigenvalue weighted by Crippen LogP contribution is -2.39. The highest BCUT2D eigenvalue weighted by Gasteiger charge is 2.30. The molecule has 0 unspecified atom stereocenters. The van der Waals surface area contributed by atoms with Gasteiger partial charge in [-0.25, -0.2) is 13.8 Å². The molecule has 0 saturated heterocycles. The highest BCUT2D eigenvalue weighted by molar-refractivity contribution is 9.10. The van der Waals surface area contributed by atoms with Gasteiger partial charge < -0.3 is 0 Å². The summed E-state index contributed by atoms with van der Waals surface area (Å²) in [6.45, 7) is 7.15. The maximum Gasteiger partial charge on any atom is 0.255 e. The number of nitrogens with zero attached hydrogens (tertiary/aromatic N) is 2. The fourth-order valence-electron chi connectivity index (χ4n) is 3.77. The van der Waals surface area contributed by atoms with Crippen molar-refractivity contribution in [3.05, 3.63) is 98.5 Å². The third-order valence-electron chi connectivity index (χ3n) is 5.30. The van der Waals surface area contributed by atoms with Gasteiger partial charge in [-0.3, -0.25) is 4.79 Å². The molecule has 0 aliphatic carbocycles. The Balaban J connectivity index is 1.88. The van der Waals surface area contributed by atoms with Crippen LogP contribution in [0.25, 0.3) is 0 Å². The van der Waals surface area contributed by atoms with Crippen molar-refractivity contribution in [2.45, 2.75) is 39.1 Å². The molecule has 1 N–H and O–H groups in total. The van der Waals surface area contributed by atoms with Crippen LogP contribution in [0.15, 0.2) is 75.1 Å². The lowest BCUT2D eigenvalue weighted by atomic mass is 10.1. The highest BCUT2D eigenvalue weighted by atomic mass is 79.9. The van der Waals surface area contributed by atoms with E-state index in [-0.39, 0.29) is 18.0 Å². The number of benzene rings is 3. The second-order valence-corrected chi connectivity index (χ2v) is 11.0. The average molecular weight is 542 g/mol. The van der Waals surface area contributed by atoms with E-state index in [1.165, 1.54) is 10.5 Å². The zero-order chi connectivity index (χ0) is 24.9. The fourth-order valence-corrected chi connectivity index (χ4v) is 5.96. The van der Waals surface area contributed by atoms with Gasteiger partial charge in [0.15, 0.2) is 0 Å². The van der Waals surface area contributed by atoms with Crippen LogP contribution >= 0.6 is 15.9 Å². The molecule has 3 aromatic carbocycles. The molecule has 0 heterocycles. The number of halogens is 1. The number of hydrogen-bond acceptors (Lipinski definition) is 4. The normalized spacial score (nSPS) is 11.8. The van der Waals surface area contributed by atoms with Crippen LogP contribution in [0.5, 0.6) is 0 Å². The summed E-state index contributed by atoms with van der Waals surface area (Å²) in [6, 6.07) is 18.7. The van der Waals surface area contributed by atoms with Crippen molar-refractivity contribution in [1.29, 1.82) is 0 Å². The molecule has 0 saturated carbocycles. The minimum absolute atomic E-state index is 0.0662. The first-order valence-electron chi connectivity index (χ1n) is 10.8. The van der Waals surface area contributed by atoms with Crippen molar-refractivity contribution >= 4 is 38.1 Å². The molecule has 3 aromatic rings. The van der Waals surface area contributed by atoms with Crippen LogP contribution in [0, 0.1) is 27.7 Å². The van der Waals surface area contributed by atoms with Gasteiger partial charge in [0.25, 0.3) is 5.91 Å². The molecule has 0 radical (unpaired) electrons. The summed E-state index contributed by atoms with van der Waals surface area (Å²) in [5.41, 5.74) is 7.39. The number of amides is 1. The van der Waals surface area contributed by atoms with Crippen LogP contribution in [-0.2, 0) is 21.4 Å². The van der Waals surface area contributed by atoms with Crippen molar-refractivity contribution in [2.24, 2.45) is 5.10 Å². The summed E-state index contributed by atoms with van der Waals surface area (Å²) < 4.78 is 29.5. The number of nitrogens with one attached hydrogen (secondary N) is 1. The number of hydrazone groups is 1. The minimum Gasteiger partial charge on any atom is -0.272 e. The van der Waals surface area contributed by atoms with Gasteiger partial charge in [0.2, 0.25) is 10.0 Å². The highest BCUT2D eigenvalue weighted by Crippen LogP contribution is 2.26. The Hall–Kier alpha value is -2.81. The molecule has 0 fully saturated rings. The molecule has 0 bridgehead atoms. The second kappa shape index (κ2) is 11.1. The molecule has 0 aliphatic heterocycles. The molecule has 6 nitrogen and oxygen atoms in total. The maximum atomic E-state index is 13.7. The van der Waals surface area contributed by atoms with Gasteiger partial charge in [-0.15, -0.1) is 0 Å².